The Kier molecular flexibility index (Phi) is 38.4. The molecule has 0 saturated carbocycles. The third-order valence-corrected chi connectivity index (χ3v) is 11.2. The highest BCUT2D eigenvalue weighted by Crippen LogP contribution is 2.45. The van der Waals surface area contributed by atoms with Gasteiger partial charge in [0, 0.05) is 19.3 Å². The predicted molar refractivity (Wildman–Crippen MR) is 245 cm³/mol. The van der Waals surface area contributed by atoms with Crippen molar-refractivity contribution in [3.05, 3.63) is 24.3 Å². The zero-order valence-electron chi connectivity index (χ0n) is 39.3. The lowest BCUT2D eigenvalue weighted by Gasteiger charge is -2.29. The van der Waals surface area contributed by atoms with Crippen LogP contribution < -0.4 is 0 Å². The predicted octanol–water partition coefficient (Wildman–Crippen LogP) is 12.7. The van der Waals surface area contributed by atoms with E-state index in [0.717, 1.165) is 70.6 Å². The molecule has 11 nitrogen and oxygen atoms in total. The molecule has 0 bridgehead atoms. The molecular weight excluding hydrogens is 781 g/mol. The van der Waals surface area contributed by atoms with Crippen LogP contribution in [0.2, 0.25) is 0 Å². The largest absolute Gasteiger partial charge is 0.472 e. The molecular formula is C48H91NO10P+. The van der Waals surface area contributed by atoms with Crippen LogP contribution in [0, 0.1) is 0 Å². The van der Waals surface area contributed by atoms with Crippen molar-refractivity contribution >= 4 is 25.7 Å². The average Bonchev–Trinajstić information content (AvgIpc) is 3.20. The number of carbonyl (C=O) groups excluding carboxylic acids is 3. The van der Waals surface area contributed by atoms with Gasteiger partial charge in [0.15, 0.2) is 12.2 Å². The Morgan fingerprint density at radius 1 is 0.517 bits per heavy atom. The topological polar surface area (TPSA) is 135 Å². The van der Waals surface area contributed by atoms with Gasteiger partial charge in [0.1, 0.15) is 19.8 Å². The van der Waals surface area contributed by atoms with Crippen LogP contribution >= 0.6 is 7.82 Å². The molecule has 0 fully saturated rings. The Labute approximate surface area is 367 Å². The van der Waals surface area contributed by atoms with Crippen molar-refractivity contribution < 1.29 is 51.6 Å². The normalized spacial score (nSPS) is 14.1. The zero-order valence-corrected chi connectivity index (χ0v) is 40.2. The number of allylic oxidation sites excluding steroid dienone is 4. The van der Waals surface area contributed by atoms with Gasteiger partial charge >= 0.3 is 25.7 Å². The van der Waals surface area contributed by atoms with Crippen LogP contribution in [-0.2, 0) is 42.2 Å². The van der Waals surface area contributed by atoms with Crippen LogP contribution in [0.1, 0.15) is 207 Å². The second kappa shape index (κ2) is 39.8. The molecule has 1 N–H and O–H groups in total. The van der Waals surface area contributed by atoms with E-state index in [0.29, 0.717) is 17.3 Å². The number of quaternary nitrogens is 1. The molecule has 0 saturated heterocycles. The molecule has 60 heavy (non-hydrogen) atoms. The maximum atomic E-state index is 13.1. The molecule has 3 atom stereocenters. The Morgan fingerprint density at radius 3 is 1.33 bits per heavy atom. The van der Waals surface area contributed by atoms with Crippen molar-refractivity contribution in [1.29, 1.82) is 0 Å². The molecule has 0 aromatic heterocycles. The lowest BCUT2D eigenvalue weighted by Crippen LogP contribution is -2.44. The van der Waals surface area contributed by atoms with Crippen molar-refractivity contribution in [3.8, 4) is 0 Å². The van der Waals surface area contributed by atoms with E-state index in [1.54, 1.807) is 6.92 Å². The quantitative estimate of drug-likeness (QED) is 0.0158. The molecule has 2 unspecified atom stereocenters. The summed E-state index contributed by atoms with van der Waals surface area (Å²) in [4.78, 5) is 47.9. The van der Waals surface area contributed by atoms with Crippen LogP contribution in [0.3, 0.4) is 0 Å². The smallest absolute Gasteiger partial charge is 0.463 e. The standard InChI is InChI=1S/C48H90NO10P/c1-7-10-12-14-16-18-20-22-24-26-28-30-32-34-36-38-47(51)56-42-45(43-57-60(53,54)59-44(40-49(4,5)6)41-55-46(50)9-3)58-48(52)39-37-35-33-31-29-27-25-23-21-19-17-15-13-11-8-2/h22-25,44-45H,7-21,26-43H2,1-6H3/p+1/t44?,45-/m1/s1. The molecule has 0 spiro atoms. The summed E-state index contributed by atoms with van der Waals surface area (Å²) in [5.74, 6) is -1.37. The number of phosphoric ester groups is 1. The first-order chi connectivity index (χ1) is 28.8. The van der Waals surface area contributed by atoms with Crippen molar-refractivity contribution in [1.82, 2.24) is 0 Å². The highest BCUT2D eigenvalue weighted by Gasteiger charge is 2.33. The van der Waals surface area contributed by atoms with E-state index in [2.05, 4.69) is 38.2 Å². The highest BCUT2D eigenvalue weighted by molar-refractivity contribution is 7.47. The average molecular weight is 873 g/mol. The summed E-state index contributed by atoms with van der Waals surface area (Å²) in [5.41, 5.74) is 0. The van der Waals surface area contributed by atoms with Crippen molar-refractivity contribution in [2.24, 2.45) is 0 Å². The molecule has 0 rings (SSSR count). The molecule has 0 aromatic rings. The van der Waals surface area contributed by atoms with Gasteiger partial charge in [-0.3, -0.25) is 23.4 Å². The zero-order chi connectivity index (χ0) is 44.6. The fraction of sp³-hybridized carbons (Fsp3) is 0.854. The number of rotatable bonds is 43. The number of esters is 3. The summed E-state index contributed by atoms with van der Waals surface area (Å²) in [6.45, 7) is 5.35. The summed E-state index contributed by atoms with van der Waals surface area (Å²) in [6.07, 6.45) is 37.8. The summed E-state index contributed by atoms with van der Waals surface area (Å²) >= 11 is 0. The molecule has 12 heteroatoms. The van der Waals surface area contributed by atoms with E-state index in [1.165, 1.54) is 83.5 Å². The Morgan fingerprint density at radius 2 is 0.900 bits per heavy atom. The highest BCUT2D eigenvalue weighted by atomic mass is 31.2. The Balaban J connectivity index is 4.80. The van der Waals surface area contributed by atoms with Gasteiger partial charge in [0.2, 0.25) is 0 Å². The van der Waals surface area contributed by atoms with E-state index in [-0.39, 0.29) is 39.0 Å². The van der Waals surface area contributed by atoms with Gasteiger partial charge in [-0.05, 0) is 64.2 Å². The number of ether oxygens (including phenoxy) is 3. The molecule has 0 aliphatic heterocycles. The minimum absolute atomic E-state index is 0.157. The van der Waals surface area contributed by atoms with Crippen molar-refractivity contribution in [2.75, 3.05) is 47.5 Å². The molecule has 0 aliphatic carbocycles. The second-order valence-electron chi connectivity index (χ2n) is 17.5. The SMILES string of the molecule is CCCCCCCCC=CCCCCCCCC(=O)OC[C@H](COP(=O)(O)OC(COC(=O)CC)C[N+](C)(C)C)OC(=O)CCCCCCCC=CCCCCCCCC. The maximum absolute atomic E-state index is 13.1. The van der Waals surface area contributed by atoms with E-state index >= 15 is 0 Å². The molecule has 352 valence electrons. The first-order valence-electron chi connectivity index (χ1n) is 24.1. The van der Waals surface area contributed by atoms with Crippen LogP contribution in [0.15, 0.2) is 24.3 Å². The minimum atomic E-state index is -4.69. The lowest BCUT2D eigenvalue weighted by atomic mass is 10.1. The summed E-state index contributed by atoms with van der Waals surface area (Å²) in [5, 5.41) is 0. The lowest BCUT2D eigenvalue weighted by molar-refractivity contribution is -0.873. The van der Waals surface area contributed by atoms with Gasteiger partial charge < -0.3 is 23.6 Å². The minimum Gasteiger partial charge on any atom is -0.463 e. The monoisotopic (exact) mass is 873 g/mol. The Bertz CT molecular complexity index is 1150. The van der Waals surface area contributed by atoms with Crippen LogP contribution in [-0.4, -0.2) is 87.0 Å². The van der Waals surface area contributed by atoms with Gasteiger partial charge in [-0.2, -0.15) is 0 Å². The summed E-state index contributed by atoms with van der Waals surface area (Å²) < 4.78 is 40.4. The van der Waals surface area contributed by atoms with Crippen molar-refractivity contribution in [2.45, 2.75) is 219 Å². The van der Waals surface area contributed by atoms with Gasteiger partial charge in [0.05, 0.1) is 27.7 Å². The molecule has 0 radical (unpaired) electrons. The number of carbonyl (C=O) groups is 3. The van der Waals surface area contributed by atoms with E-state index in [4.69, 9.17) is 23.3 Å². The maximum Gasteiger partial charge on any atom is 0.472 e. The second-order valence-corrected chi connectivity index (χ2v) is 18.9. The van der Waals surface area contributed by atoms with Crippen LogP contribution in [0.4, 0.5) is 0 Å². The van der Waals surface area contributed by atoms with Gasteiger partial charge in [-0.25, -0.2) is 4.57 Å². The van der Waals surface area contributed by atoms with Gasteiger partial charge in [-0.15, -0.1) is 0 Å². The van der Waals surface area contributed by atoms with Crippen LogP contribution in [0.5, 0.6) is 0 Å². The molecule has 0 aromatic carbocycles. The third kappa shape index (κ3) is 41.3. The first kappa shape index (κ1) is 58.0. The Hall–Kier alpha value is -2.04. The van der Waals surface area contributed by atoms with Crippen LogP contribution in [0.25, 0.3) is 0 Å². The van der Waals surface area contributed by atoms with Crippen molar-refractivity contribution in [3.63, 3.8) is 0 Å². The molecule has 0 amide bonds. The number of likely N-dealkylation sites (N-methyl/N-ethyl adjacent to an activating group) is 1. The molecule has 0 aliphatic rings. The van der Waals surface area contributed by atoms with Gasteiger partial charge in [-0.1, -0.05) is 148 Å². The molecule has 0 heterocycles. The fourth-order valence-corrected chi connectivity index (χ4v) is 7.63. The number of hydrogen-bond donors (Lipinski definition) is 1. The van der Waals surface area contributed by atoms with E-state index < -0.39 is 44.5 Å². The third-order valence-electron chi connectivity index (χ3n) is 10.2. The van der Waals surface area contributed by atoms with Gasteiger partial charge in [0.25, 0.3) is 0 Å². The summed E-state index contributed by atoms with van der Waals surface area (Å²) in [6, 6.07) is 0. The number of nitrogens with zero attached hydrogens (tertiary/aromatic N) is 1. The first-order valence-corrected chi connectivity index (χ1v) is 25.6. The number of hydrogen-bond acceptors (Lipinski definition) is 9. The van der Waals surface area contributed by atoms with E-state index in [1.807, 2.05) is 21.1 Å². The number of unbranched alkanes of at least 4 members (excludes halogenated alkanes) is 22. The fourth-order valence-electron chi connectivity index (χ4n) is 6.71. The number of phosphoric acid groups is 1. The summed E-state index contributed by atoms with van der Waals surface area (Å²) in [7, 11) is 0.929. The van der Waals surface area contributed by atoms with E-state index in [9.17, 15) is 23.8 Å².